The van der Waals surface area contributed by atoms with Gasteiger partial charge < -0.3 is 15.2 Å². The number of benzene rings is 1. The van der Waals surface area contributed by atoms with Gasteiger partial charge in [0.15, 0.2) is 0 Å². The molecule has 0 radical (unpaired) electrons. The van der Waals surface area contributed by atoms with Crippen molar-refractivity contribution in [3.05, 3.63) is 29.3 Å². The van der Waals surface area contributed by atoms with Crippen molar-refractivity contribution >= 4 is 0 Å². The Kier molecular flexibility index (Phi) is 4.20. The Morgan fingerprint density at radius 1 is 1.29 bits per heavy atom. The Balaban J connectivity index is 1.80. The van der Waals surface area contributed by atoms with Gasteiger partial charge in [0.1, 0.15) is 5.75 Å². The molecule has 0 amide bonds. The van der Waals surface area contributed by atoms with Gasteiger partial charge in [-0.05, 0) is 56.5 Å². The van der Waals surface area contributed by atoms with Gasteiger partial charge >= 0.3 is 0 Å². The Labute approximate surface area is 127 Å². The lowest BCUT2D eigenvalue weighted by atomic mass is 9.83. The molecule has 1 heterocycles. The van der Waals surface area contributed by atoms with Crippen molar-refractivity contribution in [3.8, 4) is 5.75 Å². The van der Waals surface area contributed by atoms with Crippen molar-refractivity contribution in [1.82, 2.24) is 4.90 Å². The molecule has 3 rings (SSSR count). The number of aryl methyl sites for hydroxylation is 1. The molecule has 0 spiro atoms. The molecule has 0 bridgehead atoms. The maximum atomic E-state index is 6.57. The van der Waals surface area contributed by atoms with Crippen molar-refractivity contribution < 1.29 is 9.47 Å². The number of hydrogen-bond donors (Lipinski definition) is 1. The summed E-state index contributed by atoms with van der Waals surface area (Å²) in [5.41, 5.74) is 9.18. The van der Waals surface area contributed by atoms with E-state index in [1.807, 2.05) is 6.07 Å². The second-order valence-electron chi connectivity index (χ2n) is 6.29. The number of ether oxygens (including phenoxy) is 2. The standard InChI is InChI=1S/C17H26N2O2/c1-11-15(8-9-21-11)19(2)16-7-4-12-10-13(20-3)5-6-14(12)17(16)18/h5-6,10-11,15-17H,4,7-9,18H2,1-3H3. The van der Waals surface area contributed by atoms with E-state index in [0.717, 1.165) is 31.6 Å². The second-order valence-corrected chi connectivity index (χ2v) is 6.29. The van der Waals surface area contributed by atoms with E-state index in [4.69, 9.17) is 15.2 Å². The average molecular weight is 290 g/mol. The second kappa shape index (κ2) is 5.95. The largest absolute Gasteiger partial charge is 0.497 e. The van der Waals surface area contributed by atoms with Crippen LogP contribution in [0.3, 0.4) is 0 Å². The first kappa shape index (κ1) is 14.8. The van der Waals surface area contributed by atoms with Gasteiger partial charge in [0.25, 0.3) is 0 Å². The zero-order valence-corrected chi connectivity index (χ0v) is 13.2. The van der Waals surface area contributed by atoms with E-state index in [2.05, 4.69) is 31.0 Å². The van der Waals surface area contributed by atoms with E-state index in [1.165, 1.54) is 11.1 Å². The van der Waals surface area contributed by atoms with Crippen molar-refractivity contribution in [1.29, 1.82) is 0 Å². The molecule has 116 valence electrons. The highest BCUT2D eigenvalue weighted by Crippen LogP contribution is 2.35. The van der Waals surface area contributed by atoms with E-state index >= 15 is 0 Å². The van der Waals surface area contributed by atoms with E-state index in [0.29, 0.717) is 18.2 Å². The van der Waals surface area contributed by atoms with Crippen LogP contribution in [0.15, 0.2) is 18.2 Å². The summed E-state index contributed by atoms with van der Waals surface area (Å²) < 4.78 is 11.0. The van der Waals surface area contributed by atoms with Crippen LogP contribution in [0.2, 0.25) is 0 Å². The fourth-order valence-corrected chi connectivity index (χ4v) is 3.90. The Hall–Kier alpha value is -1.10. The van der Waals surface area contributed by atoms with Crippen LogP contribution in [0.1, 0.15) is 36.9 Å². The van der Waals surface area contributed by atoms with Crippen LogP contribution in [0, 0.1) is 0 Å². The summed E-state index contributed by atoms with van der Waals surface area (Å²) in [5.74, 6) is 0.922. The number of hydrogen-bond acceptors (Lipinski definition) is 4. The van der Waals surface area contributed by atoms with Crippen LogP contribution in [0.5, 0.6) is 5.75 Å². The monoisotopic (exact) mass is 290 g/mol. The lowest BCUT2D eigenvalue weighted by Crippen LogP contribution is -2.50. The van der Waals surface area contributed by atoms with Gasteiger partial charge in [-0.3, -0.25) is 4.90 Å². The van der Waals surface area contributed by atoms with Crippen molar-refractivity contribution in [3.63, 3.8) is 0 Å². The number of fused-ring (bicyclic) bond motifs is 1. The molecule has 4 heteroatoms. The van der Waals surface area contributed by atoms with Crippen molar-refractivity contribution in [2.24, 2.45) is 5.73 Å². The summed E-state index contributed by atoms with van der Waals surface area (Å²) in [6, 6.07) is 7.22. The molecule has 21 heavy (non-hydrogen) atoms. The van der Waals surface area contributed by atoms with Crippen LogP contribution in [0.25, 0.3) is 0 Å². The number of likely N-dealkylation sites (N-methyl/N-ethyl adjacent to an activating group) is 1. The summed E-state index contributed by atoms with van der Waals surface area (Å²) in [6.07, 6.45) is 3.58. The van der Waals surface area contributed by atoms with Crippen LogP contribution in [0.4, 0.5) is 0 Å². The quantitative estimate of drug-likeness (QED) is 0.926. The lowest BCUT2D eigenvalue weighted by molar-refractivity contribution is 0.0575. The Morgan fingerprint density at radius 2 is 2.10 bits per heavy atom. The predicted molar refractivity (Wildman–Crippen MR) is 83.6 cm³/mol. The fraction of sp³-hybridized carbons (Fsp3) is 0.647. The molecule has 1 fully saturated rings. The number of rotatable bonds is 3. The Bertz CT molecular complexity index is 506. The molecule has 4 atom stereocenters. The lowest BCUT2D eigenvalue weighted by Gasteiger charge is -2.41. The van der Waals surface area contributed by atoms with Crippen LogP contribution in [-0.4, -0.2) is 43.9 Å². The minimum absolute atomic E-state index is 0.0671. The SMILES string of the molecule is COc1ccc2c(c1)CCC(N(C)C1CCOC1C)C2N. The van der Waals surface area contributed by atoms with E-state index in [-0.39, 0.29) is 6.04 Å². The first-order chi connectivity index (χ1) is 10.1. The molecule has 1 aromatic carbocycles. The Morgan fingerprint density at radius 3 is 2.76 bits per heavy atom. The highest BCUT2D eigenvalue weighted by molar-refractivity contribution is 5.40. The van der Waals surface area contributed by atoms with Gasteiger partial charge in [0, 0.05) is 24.7 Å². The fourth-order valence-electron chi connectivity index (χ4n) is 3.90. The third-order valence-corrected chi connectivity index (χ3v) is 5.22. The molecule has 1 saturated heterocycles. The summed E-state index contributed by atoms with van der Waals surface area (Å²) >= 11 is 0. The van der Waals surface area contributed by atoms with Gasteiger partial charge in [0.2, 0.25) is 0 Å². The first-order valence-electron chi connectivity index (χ1n) is 7.87. The molecule has 1 aliphatic carbocycles. The smallest absolute Gasteiger partial charge is 0.119 e. The van der Waals surface area contributed by atoms with E-state index in [1.54, 1.807) is 7.11 Å². The third-order valence-electron chi connectivity index (χ3n) is 5.22. The zero-order valence-electron chi connectivity index (χ0n) is 13.2. The first-order valence-corrected chi connectivity index (χ1v) is 7.87. The number of nitrogens with two attached hydrogens (primary N) is 1. The normalized spacial score (nSPS) is 32.2. The maximum Gasteiger partial charge on any atom is 0.119 e. The molecule has 2 aliphatic rings. The molecule has 1 aromatic rings. The maximum absolute atomic E-state index is 6.57. The summed E-state index contributed by atoms with van der Waals surface area (Å²) in [6.45, 7) is 3.03. The average Bonchev–Trinajstić information content (AvgIpc) is 2.92. The van der Waals surface area contributed by atoms with Crippen molar-refractivity contribution in [2.45, 2.75) is 50.4 Å². The zero-order chi connectivity index (χ0) is 15.0. The van der Waals surface area contributed by atoms with E-state index in [9.17, 15) is 0 Å². The molecule has 0 aromatic heterocycles. The number of nitrogens with zero attached hydrogens (tertiary/aromatic N) is 1. The van der Waals surface area contributed by atoms with Crippen LogP contribution < -0.4 is 10.5 Å². The molecule has 1 aliphatic heterocycles. The van der Waals surface area contributed by atoms with E-state index < -0.39 is 0 Å². The minimum atomic E-state index is 0.0671. The van der Waals surface area contributed by atoms with Gasteiger partial charge in [-0.2, -0.15) is 0 Å². The minimum Gasteiger partial charge on any atom is -0.497 e. The van der Waals surface area contributed by atoms with Gasteiger partial charge in [-0.25, -0.2) is 0 Å². The van der Waals surface area contributed by atoms with Gasteiger partial charge in [-0.1, -0.05) is 6.07 Å². The predicted octanol–water partition coefficient (Wildman–Crippen LogP) is 2.12. The highest BCUT2D eigenvalue weighted by atomic mass is 16.5. The summed E-state index contributed by atoms with van der Waals surface area (Å²) in [5, 5.41) is 0. The van der Waals surface area contributed by atoms with Gasteiger partial charge in [-0.15, -0.1) is 0 Å². The highest BCUT2D eigenvalue weighted by Gasteiger charge is 2.36. The molecule has 2 N–H and O–H groups in total. The molecule has 4 nitrogen and oxygen atoms in total. The van der Waals surface area contributed by atoms with Crippen LogP contribution >= 0.6 is 0 Å². The van der Waals surface area contributed by atoms with Crippen LogP contribution in [-0.2, 0) is 11.2 Å². The number of methoxy groups -OCH3 is 1. The summed E-state index contributed by atoms with van der Waals surface area (Å²) in [4.78, 5) is 2.45. The van der Waals surface area contributed by atoms with Gasteiger partial charge in [0.05, 0.1) is 13.2 Å². The molecule has 0 saturated carbocycles. The topological polar surface area (TPSA) is 47.7 Å². The summed E-state index contributed by atoms with van der Waals surface area (Å²) in [7, 11) is 3.91. The third kappa shape index (κ3) is 2.68. The van der Waals surface area contributed by atoms with Crippen molar-refractivity contribution in [2.75, 3.05) is 20.8 Å². The molecular weight excluding hydrogens is 264 g/mol. The molecule has 4 unspecified atom stereocenters. The molecular formula is C17H26N2O2.